The van der Waals surface area contributed by atoms with Gasteiger partial charge in [0.2, 0.25) is 5.89 Å². The van der Waals surface area contributed by atoms with Gasteiger partial charge in [-0.25, -0.2) is 4.98 Å². The Bertz CT molecular complexity index is 1200. The number of rotatable bonds is 4. The standard InChI is InChI=1S/C24H20Cl2N2O4/c25-14-3-1-13(2-4-14)20-9-27-22(32-20)23-10-24(11-23,12-23)28-21(30)19-8-17(29)16-7-15(26)5-6-18(16)31-19/h1-7,9,17,19,29H,8,10-12H2,(H,28,30)/t17-,19+,23?,24?/m1/s1. The molecular formula is C24H20Cl2N2O4. The van der Waals surface area contributed by atoms with Crippen molar-refractivity contribution in [2.24, 2.45) is 0 Å². The van der Waals surface area contributed by atoms with Gasteiger partial charge in [-0.15, -0.1) is 0 Å². The number of nitrogens with one attached hydrogen (secondary N) is 1. The van der Waals surface area contributed by atoms with Crippen LogP contribution < -0.4 is 10.1 Å². The quantitative estimate of drug-likeness (QED) is 0.570. The summed E-state index contributed by atoms with van der Waals surface area (Å²) in [6.07, 6.45) is 2.78. The van der Waals surface area contributed by atoms with E-state index in [1.165, 1.54) is 0 Å². The van der Waals surface area contributed by atoms with Gasteiger partial charge in [0.05, 0.1) is 17.7 Å². The number of nitrogens with zero attached hydrogens (tertiary/aromatic N) is 1. The van der Waals surface area contributed by atoms with Crippen molar-refractivity contribution in [1.29, 1.82) is 0 Å². The van der Waals surface area contributed by atoms with E-state index in [0.29, 0.717) is 33.0 Å². The zero-order valence-corrected chi connectivity index (χ0v) is 18.5. The third-order valence-corrected chi connectivity index (χ3v) is 7.32. The number of benzene rings is 2. The van der Waals surface area contributed by atoms with E-state index in [1.807, 2.05) is 24.3 Å². The molecule has 32 heavy (non-hydrogen) atoms. The van der Waals surface area contributed by atoms with Crippen molar-refractivity contribution in [3.8, 4) is 17.1 Å². The van der Waals surface area contributed by atoms with E-state index < -0.39 is 12.2 Å². The van der Waals surface area contributed by atoms with Crippen molar-refractivity contribution in [3.05, 3.63) is 70.2 Å². The van der Waals surface area contributed by atoms with Crippen molar-refractivity contribution in [1.82, 2.24) is 10.3 Å². The number of oxazole rings is 1. The Hall–Kier alpha value is -2.54. The van der Waals surface area contributed by atoms with E-state index in [4.69, 9.17) is 32.4 Å². The van der Waals surface area contributed by atoms with Gasteiger partial charge >= 0.3 is 0 Å². The summed E-state index contributed by atoms with van der Waals surface area (Å²) in [5.41, 5.74) is 1.18. The molecule has 164 valence electrons. The summed E-state index contributed by atoms with van der Waals surface area (Å²) in [6.45, 7) is 0. The summed E-state index contributed by atoms with van der Waals surface area (Å²) in [5, 5.41) is 14.8. The van der Waals surface area contributed by atoms with Gasteiger partial charge in [0.1, 0.15) is 5.75 Å². The molecule has 3 aromatic rings. The zero-order valence-electron chi connectivity index (χ0n) is 17.0. The Kier molecular flexibility index (Phi) is 4.38. The number of aliphatic hydroxyl groups is 1. The second-order valence-corrected chi connectivity index (χ2v) is 10.0. The third-order valence-electron chi connectivity index (χ3n) is 6.84. The molecule has 2 aromatic carbocycles. The topological polar surface area (TPSA) is 84.6 Å². The predicted molar refractivity (Wildman–Crippen MR) is 119 cm³/mol. The molecule has 0 saturated heterocycles. The first kappa shape index (κ1) is 20.1. The van der Waals surface area contributed by atoms with Crippen LogP contribution in [-0.4, -0.2) is 27.6 Å². The lowest BCUT2D eigenvalue weighted by Crippen LogP contribution is -2.77. The molecule has 2 heterocycles. The maximum atomic E-state index is 12.9. The number of aromatic nitrogens is 1. The number of hydrogen-bond acceptors (Lipinski definition) is 5. The first-order valence-electron chi connectivity index (χ1n) is 10.5. The molecule has 0 unspecified atom stereocenters. The number of fused-ring (bicyclic) bond motifs is 1. The molecule has 6 nitrogen and oxygen atoms in total. The fourth-order valence-electron chi connectivity index (χ4n) is 5.33. The van der Waals surface area contributed by atoms with Crippen LogP contribution in [0.1, 0.15) is 43.2 Å². The molecule has 3 aliphatic carbocycles. The molecule has 4 aliphatic rings. The van der Waals surface area contributed by atoms with Crippen LogP contribution in [0.15, 0.2) is 53.1 Å². The van der Waals surface area contributed by atoms with Gasteiger partial charge in [0.15, 0.2) is 11.9 Å². The van der Waals surface area contributed by atoms with E-state index in [9.17, 15) is 9.90 Å². The lowest BCUT2D eigenvalue weighted by atomic mass is 9.39. The van der Waals surface area contributed by atoms with Crippen LogP contribution in [0, 0.1) is 0 Å². The minimum absolute atomic E-state index is 0.117. The fourth-order valence-corrected chi connectivity index (χ4v) is 5.64. The van der Waals surface area contributed by atoms with Crippen LogP contribution >= 0.6 is 23.2 Å². The molecule has 0 radical (unpaired) electrons. The van der Waals surface area contributed by atoms with E-state index in [1.54, 1.807) is 24.4 Å². The first-order valence-corrected chi connectivity index (χ1v) is 11.3. The fraction of sp³-hybridized carbons (Fsp3) is 0.333. The molecule has 0 spiro atoms. The molecular weight excluding hydrogens is 451 g/mol. The molecule has 3 fully saturated rings. The van der Waals surface area contributed by atoms with Gasteiger partial charge < -0.3 is 19.6 Å². The van der Waals surface area contributed by atoms with Crippen LogP contribution in [-0.2, 0) is 10.2 Å². The lowest BCUT2D eigenvalue weighted by Gasteiger charge is -2.68. The molecule has 8 heteroatoms. The van der Waals surface area contributed by atoms with Gasteiger partial charge in [-0.3, -0.25) is 4.79 Å². The Labute approximate surface area is 194 Å². The smallest absolute Gasteiger partial charge is 0.261 e. The minimum atomic E-state index is -0.786. The largest absolute Gasteiger partial charge is 0.480 e. The molecule has 1 aliphatic heterocycles. The molecule has 2 bridgehead atoms. The highest BCUT2D eigenvalue weighted by atomic mass is 35.5. The Balaban J connectivity index is 1.10. The first-order chi connectivity index (χ1) is 15.3. The highest BCUT2D eigenvalue weighted by Gasteiger charge is 2.71. The lowest BCUT2D eigenvalue weighted by molar-refractivity contribution is -0.149. The zero-order chi connectivity index (χ0) is 22.1. The average Bonchev–Trinajstić information content (AvgIpc) is 3.20. The summed E-state index contributed by atoms with van der Waals surface area (Å²) >= 11 is 12.0. The highest BCUT2D eigenvalue weighted by Crippen LogP contribution is 2.67. The van der Waals surface area contributed by atoms with E-state index in [-0.39, 0.29) is 23.3 Å². The monoisotopic (exact) mass is 470 g/mol. The second kappa shape index (κ2) is 6.98. The summed E-state index contributed by atoms with van der Waals surface area (Å²) in [6, 6.07) is 12.5. The SMILES string of the molecule is O=C(NC12CC(c3ncc(-c4ccc(Cl)cc4)o3)(C1)C2)[C@@H]1C[C@@H](O)c2cc(Cl)ccc2O1. The Morgan fingerprint density at radius 1 is 1.09 bits per heavy atom. The summed E-state index contributed by atoms with van der Waals surface area (Å²) < 4.78 is 11.9. The predicted octanol–water partition coefficient (Wildman–Crippen LogP) is 4.82. The Morgan fingerprint density at radius 3 is 2.56 bits per heavy atom. The van der Waals surface area contributed by atoms with Crippen LogP contribution in [0.3, 0.4) is 0 Å². The molecule has 7 rings (SSSR count). The summed E-state index contributed by atoms with van der Waals surface area (Å²) in [7, 11) is 0. The number of amides is 1. The van der Waals surface area contributed by atoms with Crippen molar-refractivity contribution < 1.29 is 19.1 Å². The maximum absolute atomic E-state index is 12.9. The van der Waals surface area contributed by atoms with E-state index in [2.05, 4.69) is 10.3 Å². The van der Waals surface area contributed by atoms with E-state index in [0.717, 1.165) is 24.8 Å². The van der Waals surface area contributed by atoms with Gasteiger partial charge in [0.25, 0.3) is 5.91 Å². The van der Waals surface area contributed by atoms with Gasteiger partial charge in [-0.05, 0) is 61.7 Å². The van der Waals surface area contributed by atoms with Crippen molar-refractivity contribution in [3.63, 3.8) is 0 Å². The average molecular weight is 471 g/mol. The number of ether oxygens (including phenoxy) is 1. The van der Waals surface area contributed by atoms with Crippen LogP contribution in [0.2, 0.25) is 10.0 Å². The number of aliphatic hydroxyl groups excluding tert-OH is 1. The van der Waals surface area contributed by atoms with Gasteiger partial charge in [0, 0.05) is 33.1 Å². The highest BCUT2D eigenvalue weighted by molar-refractivity contribution is 6.31. The molecule has 3 saturated carbocycles. The molecule has 2 N–H and O–H groups in total. The van der Waals surface area contributed by atoms with Crippen LogP contribution in [0.25, 0.3) is 11.3 Å². The van der Waals surface area contributed by atoms with Crippen molar-refractivity contribution >= 4 is 29.1 Å². The normalized spacial score (nSPS) is 29.8. The number of halogens is 2. The number of carbonyl (C=O) groups excluding carboxylic acids is 1. The van der Waals surface area contributed by atoms with Crippen molar-refractivity contribution in [2.75, 3.05) is 0 Å². The maximum Gasteiger partial charge on any atom is 0.261 e. The van der Waals surface area contributed by atoms with E-state index >= 15 is 0 Å². The number of carbonyl (C=O) groups is 1. The molecule has 1 amide bonds. The Morgan fingerprint density at radius 2 is 1.81 bits per heavy atom. The summed E-state index contributed by atoms with van der Waals surface area (Å²) in [5.74, 6) is 1.72. The third kappa shape index (κ3) is 3.12. The molecule has 1 aromatic heterocycles. The van der Waals surface area contributed by atoms with Crippen LogP contribution in [0.4, 0.5) is 0 Å². The minimum Gasteiger partial charge on any atom is -0.480 e. The molecule has 2 atom stereocenters. The second-order valence-electron chi connectivity index (χ2n) is 9.16. The van der Waals surface area contributed by atoms with Crippen LogP contribution in [0.5, 0.6) is 5.75 Å². The van der Waals surface area contributed by atoms with Gasteiger partial charge in [-0.2, -0.15) is 0 Å². The summed E-state index contributed by atoms with van der Waals surface area (Å²) in [4.78, 5) is 17.4. The van der Waals surface area contributed by atoms with Gasteiger partial charge in [-0.1, -0.05) is 23.2 Å². The number of hydrogen-bond donors (Lipinski definition) is 2. The van der Waals surface area contributed by atoms with Crippen molar-refractivity contribution in [2.45, 2.75) is 48.8 Å².